The van der Waals surface area contributed by atoms with E-state index >= 15 is 0 Å². The quantitative estimate of drug-likeness (QED) is 0.722. The second kappa shape index (κ2) is 2.85. The first-order valence-electron chi connectivity index (χ1n) is 4.02. The Balaban J connectivity index is 2.87. The van der Waals surface area contributed by atoms with E-state index in [0.717, 1.165) is 4.57 Å². The van der Waals surface area contributed by atoms with Gasteiger partial charge in [-0.2, -0.15) is 13.2 Å². The molecule has 0 fully saturated rings. The number of fused-ring (bicyclic) bond motifs is 1. The summed E-state index contributed by atoms with van der Waals surface area (Å²) in [5, 5.41) is 0. The van der Waals surface area contributed by atoms with Gasteiger partial charge in [-0.3, -0.25) is 4.79 Å². The molecule has 0 saturated carbocycles. The second-order valence-electron chi connectivity index (χ2n) is 3.03. The lowest BCUT2D eigenvalue weighted by Crippen LogP contribution is -2.12. The van der Waals surface area contributed by atoms with Crippen molar-refractivity contribution in [2.24, 2.45) is 7.05 Å². The van der Waals surface area contributed by atoms with Crippen LogP contribution in [0, 0.1) is 0 Å². The predicted octanol–water partition coefficient (Wildman–Crippen LogP) is 1.28. The van der Waals surface area contributed by atoms with Gasteiger partial charge in [0.25, 0.3) is 5.56 Å². The summed E-state index contributed by atoms with van der Waals surface area (Å²) in [6.45, 7) is 0. The molecule has 0 atom stereocenters. The minimum absolute atomic E-state index is 0.158. The van der Waals surface area contributed by atoms with Crippen LogP contribution in [0.4, 0.5) is 13.2 Å². The molecule has 15 heavy (non-hydrogen) atoms. The van der Waals surface area contributed by atoms with Gasteiger partial charge < -0.3 is 9.55 Å². The van der Waals surface area contributed by atoms with Gasteiger partial charge in [0.05, 0.1) is 5.52 Å². The van der Waals surface area contributed by atoms with Crippen molar-refractivity contribution in [2.75, 3.05) is 0 Å². The molecule has 2 heterocycles. The Morgan fingerprint density at radius 3 is 2.67 bits per heavy atom. The fraction of sp³-hybridized carbons (Fsp3) is 0.250. The van der Waals surface area contributed by atoms with Crippen molar-refractivity contribution < 1.29 is 13.2 Å². The number of aryl methyl sites for hydroxylation is 1. The number of imidazole rings is 1. The molecule has 1 N–H and O–H groups in total. The Morgan fingerprint density at radius 1 is 1.47 bits per heavy atom. The van der Waals surface area contributed by atoms with Crippen LogP contribution < -0.4 is 5.56 Å². The Hall–Kier alpha value is -1.79. The Morgan fingerprint density at radius 2 is 2.13 bits per heavy atom. The highest BCUT2D eigenvalue weighted by atomic mass is 19.4. The van der Waals surface area contributed by atoms with Crippen molar-refractivity contribution in [1.29, 1.82) is 0 Å². The molecular weight excluding hydrogens is 211 g/mol. The summed E-state index contributed by atoms with van der Waals surface area (Å²) in [4.78, 5) is 16.7. The molecule has 80 valence electrons. The van der Waals surface area contributed by atoms with Gasteiger partial charge in [0.15, 0.2) is 5.52 Å². The van der Waals surface area contributed by atoms with Gasteiger partial charge in [0.1, 0.15) is 0 Å². The first-order valence-corrected chi connectivity index (χ1v) is 4.02. The maximum absolute atomic E-state index is 12.4. The number of aromatic amines is 1. The van der Waals surface area contributed by atoms with Crippen molar-refractivity contribution in [3.63, 3.8) is 0 Å². The van der Waals surface area contributed by atoms with E-state index in [4.69, 9.17) is 0 Å². The first-order chi connectivity index (χ1) is 6.91. The summed E-state index contributed by atoms with van der Waals surface area (Å²) >= 11 is 0. The van der Waals surface area contributed by atoms with E-state index in [2.05, 4.69) is 9.97 Å². The fourth-order valence-corrected chi connectivity index (χ4v) is 1.39. The monoisotopic (exact) mass is 217 g/mol. The smallest absolute Gasteiger partial charge is 0.327 e. The largest absolute Gasteiger partial charge is 0.449 e. The number of pyridine rings is 1. The van der Waals surface area contributed by atoms with Crippen LogP contribution in [0.3, 0.4) is 0 Å². The van der Waals surface area contributed by atoms with Crippen molar-refractivity contribution in [3.05, 3.63) is 28.4 Å². The van der Waals surface area contributed by atoms with Crippen LogP contribution >= 0.6 is 0 Å². The number of rotatable bonds is 0. The zero-order valence-electron chi connectivity index (χ0n) is 7.59. The maximum atomic E-state index is 12.4. The SMILES string of the molecule is Cn1c(C(F)(F)F)nc2c(=O)[nH]ccc21. The van der Waals surface area contributed by atoms with Crippen molar-refractivity contribution in [1.82, 2.24) is 14.5 Å². The average Bonchev–Trinajstić information content (AvgIpc) is 2.45. The van der Waals surface area contributed by atoms with E-state index in [1.807, 2.05) is 0 Å². The van der Waals surface area contributed by atoms with E-state index < -0.39 is 17.6 Å². The third kappa shape index (κ3) is 1.39. The number of aromatic nitrogens is 3. The summed E-state index contributed by atoms with van der Waals surface area (Å²) in [6.07, 6.45) is -3.27. The molecule has 0 saturated heterocycles. The predicted molar refractivity (Wildman–Crippen MR) is 46.3 cm³/mol. The Bertz CT molecular complexity index is 566. The lowest BCUT2D eigenvalue weighted by Gasteiger charge is -2.04. The molecule has 0 amide bonds. The fourth-order valence-electron chi connectivity index (χ4n) is 1.39. The van der Waals surface area contributed by atoms with E-state index in [9.17, 15) is 18.0 Å². The van der Waals surface area contributed by atoms with Crippen LogP contribution in [0.1, 0.15) is 5.82 Å². The van der Waals surface area contributed by atoms with E-state index in [-0.39, 0.29) is 11.0 Å². The lowest BCUT2D eigenvalue weighted by molar-refractivity contribution is -0.146. The van der Waals surface area contributed by atoms with Crippen molar-refractivity contribution >= 4 is 11.0 Å². The summed E-state index contributed by atoms with van der Waals surface area (Å²) in [6, 6.07) is 1.37. The Labute approximate surface area is 81.4 Å². The summed E-state index contributed by atoms with van der Waals surface area (Å²) in [7, 11) is 1.22. The van der Waals surface area contributed by atoms with E-state index in [1.165, 1.54) is 19.3 Å². The molecule has 7 heteroatoms. The highest BCUT2D eigenvalue weighted by Gasteiger charge is 2.36. The molecule has 2 aromatic heterocycles. The zero-order valence-corrected chi connectivity index (χ0v) is 7.59. The molecule has 0 aliphatic heterocycles. The number of nitrogens with one attached hydrogen (secondary N) is 1. The average molecular weight is 217 g/mol. The number of hydrogen-bond acceptors (Lipinski definition) is 2. The summed E-state index contributed by atoms with van der Waals surface area (Å²) < 4.78 is 38.1. The van der Waals surface area contributed by atoms with Gasteiger partial charge in [-0.25, -0.2) is 4.98 Å². The normalized spacial score (nSPS) is 12.3. The highest BCUT2D eigenvalue weighted by Crippen LogP contribution is 2.29. The lowest BCUT2D eigenvalue weighted by atomic mass is 10.4. The van der Waals surface area contributed by atoms with Crippen molar-refractivity contribution in [3.8, 4) is 0 Å². The van der Waals surface area contributed by atoms with Crippen LogP contribution in [0.25, 0.3) is 11.0 Å². The number of alkyl halides is 3. The number of halogens is 3. The Kier molecular flexibility index (Phi) is 1.85. The molecule has 0 unspecified atom stereocenters. The minimum atomic E-state index is -4.56. The van der Waals surface area contributed by atoms with Gasteiger partial charge in [-0.15, -0.1) is 0 Å². The summed E-state index contributed by atoms with van der Waals surface area (Å²) in [5.41, 5.74) is -0.669. The van der Waals surface area contributed by atoms with E-state index in [0.29, 0.717) is 0 Å². The standard InChI is InChI=1S/C8H6F3N3O/c1-14-4-2-3-12-6(15)5(4)13-7(14)8(9,10)11/h2-3H,1H3,(H,12,15). The van der Waals surface area contributed by atoms with Gasteiger partial charge in [-0.05, 0) is 6.07 Å². The summed E-state index contributed by atoms with van der Waals surface area (Å²) in [5.74, 6) is -1.07. The molecule has 4 nitrogen and oxygen atoms in total. The van der Waals surface area contributed by atoms with Gasteiger partial charge in [0, 0.05) is 13.2 Å². The van der Waals surface area contributed by atoms with Gasteiger partial charge >= 0.3 is 6.18 Å². The molecule has 2 rings (SSSR count). The molecule has 0 aliphatic carbocycles. The number of nitrogens with zero attached hydrogens (tertiary/aromatic N) is 2. The third-order valence-corrected chi connectivity index (χ3v) is 2.06. The van der Waals surface area contributed by atoms with Crippen LogP contribution in [0.2, 0.25) is 0 Å². The van der Waals surface area contributed by atoms with E-state index in [1.54, 1.807) is 0 Å². The second-order valence-corrected chi connectivity index (χ2v) is 3.03. The molecule has 0 aromatic carbocycles. The molecular formula is C8H6F3N3O. The molecule has 0 radical (unpaired) electrons. The molecule has 0 aliphatic rings. The molecule has 0 spiro atoms. The minimum Gasteiger partial charge on any atom is -0.327 e. The third-order valence-electron chi connectivity index (χ3n) is 2.06. The van der Waals surface area contributed by atoms with Gasteiger partial charge in [-0.1, -0.05) is 0 Å². The van der Waals surface area contributed by atoms with Gasteiger partial charge in [0.2, 0.25) is 5.82 Å². The van der Waals surface area contributed by atoms with Crippen LogP contribution in [-0.4, -0.2) is 14.5 Å². The van der Waals surface area contributed by atoms with Crippen molar-refractivity contribution in [2.45, 2.75) is 6.18 Å². The first kappa shape index (κ1) is 9.75. The van der Waals surface area contributed by atoms with Crippen LogP contribution in [0.15, 0.2) is 17.1 Å². The van der Waals surface area contributed by atoms with Crippen LogP contribution in [-0.2, 0) is 13.2 Å². The zero-order chi connectivity index (χ0) is 11.2. The topological polar surface area (TPSA) is 50.7 Å². The maximum Gasteiger partial charge on any atom is 0.449 e. The molecule has 2 aromatic rings. The van der Waals surface area contributed by atoms with Crippen LogP contribution in [0.5, 0.6) is 0 Å². The number of hydrogen-bond donors (Lipinski definition) is 1. The highest BCUT2D eigenvalue weighted by molar-refractivity contribution is 5.74. The molecule has 0 bridgehead atoms. The number of H-pyrrole nitrogens is 1.